The zero-order valence-electron chi connectivity index (χ0n) is 11.0. The van der Waals surface area contributed by atoms with E-state index in [4.69, 9.17) is 9.84 Å². The lowest BCUT2D eigenvalue weighted by Crippen LogP contribution is -2.07. The third-order valence-electron chi connectivity index (χ3n) is 3.01. The second-order valence-electron chi connectivity index (χ2n) is 4.67. The van der Waals surface area contributed by atoms with E-state index in [1.165, 1.54) is 25.7 Å². The molecule has 0 radical (unpaired) electrons. The molecule has 0 aliphatic carbocycles. The maximum Gasteiger partial charge on any atom is 0.335 e. The number of carbonyl (C=O) groups is 1. The molecule has 1 N–H and O–H groups in total. The van der Waals surface area contributed by atoms with E-state index in [9.17, 15) is 4.79 Å². The van der Waals surface area contributed by atoms with Gasteiger partial charge in [-0.1, -0.05) is 38.0 Å². The smallest absolute Gasteiger partial charge is 0.335 e. The monoisotopic (exact) mass is 250 g/mol. The molecule has 1 aromatic carbocycles. The summed E-state index contributed by atoms with van der Waals surface area (Å²) in [5.74, 6) is 0.0147. The Morgan fingerprint density at radius 2 is 1.89 bits per heavy atom. The fraction of sp³-hybridized carbons (Fsp3) is 0.533. The van der Waals surface area contributed by atoms with Crippen LogP contribution in [0.4, 0.5) is 0 Å². The maximum atomic E-state index is 10.2. The molecule has 1 aliphatic heterocycles. The van der Waals surface area contributed by atoms with Gasteiger partial charge in [0, 0.05) is 13.2 Å². The van der Waals surface area contributed by atoms with Crippen LogP contribution in [0.2, 0.25) is 0 Å². The van der Waals surface area contributed by atoms with Gasteiger partial charge in [0.1, 0.15) is 0 Å². The van der Waals surface area contributed by atoms with Gasteiger partial charge in [0.15, 0.2) is 0 Å². The van der Waals surface area contributed by atoms with Gasteiger partial charge in [-0.05, 0) is 30.9 Å². The Morgan fingerprint density at radius 3 is 2.50 bits per heavy atom. The van der Waals surface area contributed by atoms with E-state index in [0.717, 1.165) is 19.1 Å². The minimum Gasteiger partial charge on any atom is -0.478 e. The van der Waals surface area contributed by atoms with Crippen LogP contribution < -0.4 is 0 Å². The second-order valence-corrected chi connectivity index (χ2v) is 4.67. The van der Waals surface area contributed by atoms with Gasteiger partial charge in [0.25, 0.3) is 0 Å². The first kappa shape index (κ1) is 14.7. The Balaban J connectivity index is 0.000000180. The summed E-state index contributed by atoms with van der Waals surface area (Å²) in [6, 6.07) is 8.30. The molecule has 1 heterocycles. The number of aromatic carboxylic acids is 1. The SMILES string of the molecule is CC1CCCCOCC1.O=C(O)c1ccccc1. The van der Waals surface area contributed by atoms with Gasteiger partial charge in [-0.3, -0.25) is 0 Å². The molecule has 3 nitrogen and oxygen atoms in total. The number of hydrogen-bond acceptors (Lipinski definition) is 2. The van der Waals surface area contributed by atoms with E-state index in [-0.39, 0.29) is 0 Å². The summed E-state index contributed by atoms with van der Waals surface area (Å²) in [4.78, 5) is 10.2. The molecule has 18 heavy (non-hydrogen) atoms. The van der Waals surface area contributed by atoms with Crippen molar-refractivity contribution >= 4 is 5.97 Å². The molecule has 1 aliphatic rings. The topological polar surface area (TPSA) is 46.5 Å². The van der Waals surface area contributed by atoms with E-state index in [1.54, 1.807) is 30.3 Å². The number of benzene rings is 1. The predicted molar refractivity (Wildman–Crippen MR) is 71.9 cm³/mol. The summed E-state index contributed by atoms with van der Waals surface area (Å²) in [6.07, 6.45) is 5.30. The van der Waals surface area contributed by atoms with Gasteiger partial charge in [0.2, 0.25) is 0 Å². The fourth-order valence-electron chi connectivity index (χ4n) is 1.81. The molecule has 1 atom stereocenters. The van der Waals surface area contributed by atoms with Crippen molar-refractivity contribution in [2.75, 3.05) is 13.2 Å². The van der Waals surface area contributed by atoms with E-state index >= 15 is 0 Å². The van der Waals surface area contributed by atoms with Gasteiger partial charge in [-0.2, -0.15) is 0 Å². The molecule has 3 heteroatoms. The lowest BCUT2D eigenvalue weighted by atomic mass is 10.0. The number of ether oxygens (including phenoxy) is 1. The summed E-state index contributed by atoms with van der Waals surface area (Å²) in [5, 5.41) is 8.38. The largest absolute Gasteiger partial charge is 0.478 e. The van der Waals surface area contributed by atoms with Gasteiger partial charge in [-0.25, -0.2) is 4.79 Å². The third kappa shape index (κ3) is 6.40. The molecular formula is C15H22O3. The van der Waals surface area contributed by atoms with E-state index in [2.05, 4.69) is 6.92 Å². The third-order valence-corrected chi connectivity index (χ3v) is 3.01. The Bertz CT molecular complexity index is 327. The fourth-order valence-corrected chi connectivity index (χ4v) is 1.81. The van der Waals surface area contributed by atoms with E-state index in [0.29, 0.717) is 5.56 Å². The molecular weight excluding hydrogens is 228 g/mol. The molecule has 0 saturated carbocycles. The average Bonchev–Trinajstić information content (AvgIpc) is 2.36. The van der Waals surface area contributed by atoms with Crippen molar-refractivity contribution in [2.45, 2.75) is 32.6 Å². The first-order valence-corrected chi connectivity index (χ1v) is 6.56. The summed E-state index contributed by atoms with van der Waals surface area (Å²) < 4.78 is 5.34. The van der Waals surface area contributed by atoms with Crippen LogP contribution in [0.25, 0.3) is 0 Å². The summed E-state index contributed by atoms with van der Waals surface area (Å²) in [6.45, 7) is 4.29. The summed E-state index contributed by atoms with van der Waals surface area (Å²) >= 11 is 0. The van der Waals surface area contributed by atoms with Crippen LogP contribution in [0.15, 0.2) is 30.3 Å². The molecule has 0 aromatic heterocycles. The number of carboxylic acids is 1. The van der Waals surface area contributed by atoms with Gasteiger partial charge in [0.05, 0.1) is 5.56 Å². The van der Waals surface area contributed by atoms with Crippen molar-refractivity contribution in [3.63, 3.8) is 0 Å². The standard InChI is InChI=1S/C8H16O.C7H6O2/c1-8-4-2-3-6-9-7-5-8;8-7(9)6-4-2-1-3-5-6/h8H,2-7H2,1H3;1-5H,(H,8,9). The van der Waals surface area contributed by atoms with Crippen LogP contribution in [-0.2, 0) is 4.74 Å². The Morgan fingerprint density at radius 1 is 1.17 bits per heavy atom. The maximum absolute atomic E-state index is 10.2. The Kier molecular flexibility index (Phi) is 7.11. The van der Waals surface area contributed by atoms with Gasteiger partial charge in [-0.15, -0.1) is 0 Å². The van der Waals surface area contributed by atoms with Crippen molar-refractivity contribution in [3.8, 4) is 0 Å². The van der Waals surface area contributed by atoms with Crippen LogP contribution in [-0.4, -0.2) is 24.3 Å². The van der Waals surface area contributed by atoms with Crippen LogP contribution in [0.5, 0.6) is 0 Å². The van der Waals surface area contributed by atoms with Crippen molar-refractivity contribution in [1.82, 2.24) is 0 Å². The first-order chi connectivity index (χ1) is 8.70. The van der Waals surface area contributed by atoms with Crippen molar-refractivity contribution < 1.29 is 14.6 Å². The lowest BCUT2D eigenvalue weighted by molar-refractivity contribution is 0.0697. The molecule has 1 aromatic rings. The van der Waals surface area contributed by atoms with Gasteiger partial charge >= 0.3 is 5.97 Å². The predicted octanol–water partition coefficient (Wildman–Crippen LogP) is 3.60. The highest BCUT2D eigenvalue weighted by molar-refractivity contribution is 5.87. The normalized spacial score (nSPS) is 19.9. The summed E-state index contributed by atoms with van der Waals surface area (Å²) in [5.41, 5.74) is 0.331. The number of carboxylic acid groups (broad SMARTS) is 1. The molecule has 2 rings (SSSR count). The molecule has 1 fully saturated rings. The van der Waals surface area contributed by atoms with Crippen LogP contribution >= 0.6 is 0 Å². The Labute approximate surface area is 109 Å². The number of rotatable bonds is 1. The van der Waals surface area contributed by atoms with Crippen molar-refractivity contribution in [3.05, 3.63) is 35.9 Å². The van der Waals surface area contributed by atoms with E-state index < -0.39 is 5.97 Å². The number of hydrogen-bond donors (Lipinski definition) is 1. The first-order valence-electron chi connectivity index (χ1n) is 6.56. The van der Waals surface area contributed by atoms with Crippen LogP contribution in [0.1, 0.15) is 43.0 Å². The van der Waals surface area contributed by atoms with Crippen molar-refractivity contribution in [2.24, 2.45) is 5.92 Å². The molecule has 100 valence electrons. The molecule has 1 unspecified atom stereocenters. The minimum atomic E-state index is -0.879. The zero-order chi connectivity index (χ0) is 13.2. The highest BCUT2D eigenvalue weighted by Gasteiger charge is 2.04. The van der Waals surface area contributed by atoms with E-state index in [1.807, 2.05) is 0 Å². The molecule has 1 saturated heterocycles. The molecule has 0 bridgehead atoms. The summed E-state index contributed by atoms with van der Waals surface area (Å²) in [7, 11) is 0. The zero-order valence-corrected chi connectivity index (χ0v) is 11.0. The second kappa shape index (κ2) is 8.70. The highest BCUT2D eigenvalue weighted by atomic mass is 16.5. The highest BCUT2D eigenvalue weighted by Crippen LogP contribution is 2.14. The molecule has 0 amide bonds. The molecule has 0 spiro atoms. The lowest BCUT2D eigenvalue weighted by Gasteiger charge is -2.14. The average molecular weight is 250 g/mol. The quantitative estimate of drug-likeness (QED) is 0.828. The Hall–Kier alpha value is -1.35. The van der Waals surface area contributed by atoms with Gasteiger partial charge < -0.3 is 9.84 Å². The minimum absolute atomic E-state index is 0.331. The van der Waals surface area contributed by atoms with Crippen LogP contribution in [0, 0.1) is 5.92 Å². The van der Waals surface area contributed by atoms with Crippen LogP contribution in [0.3, 0.4) is 0 Å². The van der Waals surface area contributed by atoms with Crippen molar-refractivity contribution in [1.29, 1.82) is 0 Å².